The van der Waals surface area contributed by atoms with Gasteiger partial charge in [0, 0.05) is 22.8 Å². The predicted molar refractivity (Wildman–Crippen MR) is 83.6 cm³/mol. The molecule has 0 aliphatic rings. The fraction of sp³-hybridized carbons (Fsp3) is 0.250. The first-order valence-electron chi connectivity index (χ1n) is 5.88. The normalized spacial score (nSPS) is 11.8. The fourth-order valence-corrected chi connectivity index (χ4v) is 4.06. The zero-order valence-electron chi connectivity index (χ0n) is 11.3. The van der Waals surface area contributed by atoms with E-state index in [2.05, 4.69) is 25.8 Å². The number of nitrogens with two attached hydrogens (primary N) is 1. The number of hydrogen-bond acceptors (Lipinski definition) is 5. The van der Waals surface area contributed by atoms with Crippen LogP contribution in [0.25, 0.3) is 0 Å². The lowest BCUT2D eigenvalue weighted by molar-refractivity contribution is 0.392. The van der Waals surface area contributed by atoms with Crippen LogP contribution in [0.1, 0.15) is 17.0 Å². The van der Waals surface area contributed by atoms with Gasteiger partial charge in [0.15, 0.2) is 0 Å². The van der Waals surface area contributed by atoms with Gasteiger partial charge >= 0.3 is 0 Å². The molecule has 0 aliphatic heterocycles. The van der Waals surface area contributed by atoms with Gasteiger partial charge in [0.25, 0.3) is 0 Å². The largest absolute Gasteiger partial charge is 0.398 e. The van der Waals surface area contributed by atoms with Crippen molar-refractivity contribution in [1.82, 2.24) is 9.88 Å². The molecule has 0 unspecified atom stereocenters. The van der Waals surface area contributed by atoms with Crippen LogP contribution in [0.5, 0.6) is 0 Å². The molecule has 114 valence electrons. The summed E-state index contributed by atoms with van der Waals surface area (Å²) in [5.74, 6) is 0.569. The summed E-state index contributed by atoms with van der Waals surface area (Å²) in [5.41, 5.74) is 7.30. The van der Waals surface area contributed by atoms with E-state index in [-0.39, 0.29) is 26.6 Å². The van der Waals surface area contributed by atoms with E-state index in [1.807, 2.05) is 0 Å². The number of nitrogens with one attached hydrogen (secondary N) is 1. The minimum atomic E-state index is -3.78. The van der Waals surface area contributed by atoms with Crippen molar-refractivity contribution in [3.63, 3.8) is 0 Å². The van der Waals surface area contributed by atoms with Crippen LogP contribution in [0.3, 0.4) is 0 Å². The molecular weight excluding hydrogens is 382 g/mol. The van der Waals surface area contributed by atoms with E-state index < -0.39 is 10.0 Å². The van der Waals surface area contributed by atoms with Crippen LogP contribution in [0, 0.1) is 13.8 Å². The van der Waals surface area contributed by atoms with E-state index in [4.69, 9.17) is 21.9 Å². The molecule has 0 saturated carbocycles. The Kier molecular flexibility index (Phi) is 4.62. The van der Waals surface area contributed by atoms with E-state index in [0.29, 0.717) is 17.0 Å². The second-order valence-electron chi connectivity index (χ2n) is 4.43. The number of hydrogen-bond donors (Lipinski definition) is 2. The number of sulfonamides is 1. The first-order valence-corrected chi connectivity index (χ1v) is 8.53. The maximum Gasteiger partial charge on any atom is 0.242 e. The van der Waals surface area contributed by atoms with E-state index >= 15 is 0 Å². The lowest BCUT2D eigenvalue weighted by atomic mass is 10.2. The Labute approximate surface area is 135 Å². The van der Waals surface area contributed by atoms with Crippen LogP contribution in [0.2, 0.25) is 5.02 Å². The van der Waals surface area contributed by atoms with Gasteiger partial charge in [-0.15, -0.1) is 0 Å². The number of rotatable bonds is 4. The van der Waals surface area contributed by atoms with Crippen LogP contribution < -0.4 is 10.5 Å². The van der Waals surface area contributed by atoms with Crippen LogP contribution in [-0.4, -0.2) is 13.6 Å². The first-order chi connectivity index (χ1) is 9.72. The highest BCUT2D eigenvalue weighted by Crippen LogP contribution is 2.31. The Hall–Kier alpha value is -1.09. The average molecular weight is 395 g/mol. The topological polar surface area (TPSA) is 98.2 Å². The summed E-state index contributed by atoms with van der Waals surface area (Å²) in [7, 11) is -3.78. The minimum absolute atomic E-state index is 0.0146. The van der Waals surface area contributed by atoms with E-state index in [9.17, 15) is 8.42 Å². The second-order valence-corrected chi connectivity index (χ2v) is 7.40. The van der Waals surface area contributed by atoms with Crippen molar-refractivity contribution in [3.05, 3.63) is 38.6 Å². The van der Waals surface area contributed by atoms with Crippen molar-refractivity contribution in [2.75, 3.05) is 5.73 Å². The maximum absolute atomic E-state index is 12.4. The van der Waals surface area contributed by atoms with Crippen molar-refractivity contribution in [1.29, 1.82) is 0 Å². The summed E-state index contributed by atoms with van der Waals surface area (Å²) >= 11 is 9.02. The average Bonchev–Trinajstić information content (AvgIpc) is 2.71. The van der Waals surface area contributed by atoms with Gasteiger partial charge in [-0.3, -0.25) is 0 Å². The molecule has 2 aromatic rings. The van der Waals surface area contributed by atoms with Crippen molar-refractivity contribution < 1.29 is 12.9 Å². The van der Waals surface area contributed by atoms with Crippen LogP contribution in [0.4, 0.5) is 5.69 Å². The highest BCUT2D eigenvalue weighted by atomic mass is 79.9. The van der Waals surface area contributed by atoms with Crippen molar-refractivity contribution in [2.45, 2.75) is 25.3 Å². The van der Waals surface area contributed by atoms with Gasteiger partial charge in [-0.1, -0.05) is 16.8 Å². The third-order valence-corrected chi connectivity index (χ3v) is 5.73. The predicted octanol–water partition coefficient (Wildman–Crippen LogP) is 2.77. The van der Waals surface area contributed by atoms with Gasteiger partial charge in [-0.05, 0) is 41.9 Å². The van der Waals surface area contributed by atoms with Gasteiger partial charge in [0.05, 0.1) is 15.1 Å². The number of anilines is 1. The number of aromatic nitrogens is 1. The van der Waals surface area contributed by atoms with Gasteiger partial charge in [0.1, 0.15) is 5.76 Å². The molecule has 0 fully saturated rings. The van der Waals surface area contributed by atoms with Gasteiger partial charge < -0.3 is 10.3 Å². The summed E-state index contributed by atoms with van der Waals surface area (Å²) in [6.45, 7) is 3.53. The molecule has 0 bridgehead atoms. The van der Waals surface area contributed by atoms with Crippen LogP contribution in [-0.2, 0) is 16.6 Å². The molecule has 0 aliphatic carbocycles. The molecule has 0 spiro atoms. The lowest BCUT2D eigenvalue weighted by Crippen LogP contribution is -2.24. The Bertz CT molecular complexity index is 770. The zero-order chi connectivity index (χ0) is 15.8. The molecule has 1 heterocycles. The molecule has 0 radical (unpaired) electrons. The number of benzene rings is 1. The maximum atomic E-state index is 12.4. The molecule has 0 atom stereocenters. The third kappa shape index (κ3) is 3.39. The molecule has 0 amide bonds. The van der Waals surface area contributed by atoms with Crippen molar-refractivity contribution in [3.8, 4) is 0 Å². The molecule has 1 aromatic carbocycles. The van der Waals surface area contributed by atoms with Gasteiger partial charge in [0.2, 0.25) is 10.0 Å². The van der Waals surface area contributed by atoms with Crippen LogP contribution >= 0.6 is 27.5 Å². The summed E-state index contributed by atoms with van der Waals surface area (Å²) in [6.07, 6.45) is 0. The molecule has 6 nitrogen and oxygen atoms in total. The first kappa shape index (κ1) is 16.3. The van der Waals surface area contributed by atoms with Crippen molar-refractivity contribution >= 4 is 43.2 Å². The monoisotopic (exact) mass is 393 g/mol. The molecule has 3 N–H and O–H groups in total. The highest BCUT2D eigenvalue weighted by molar-refractivity contribution is 9.10. The Morgan fingerprint density at radius 3 is 2.67 bits per heavy atom. The summed E-state index contributed by atoms with van der Waals surface area (Å²) in [4.78, 5) is -0.0146. The Balaban J connectivity index is 2.32. The van der Waals surface area contributed by atoms with E-state index in [1.54, 1.807) is 13.8 Å². The number of nitrogens with zero attached hydrogens (tertiary/aromatic N) is 1. The summed E-state index contributed by atoms with van der Waals surface area (Å²) < 4.78 is 32.5. The SMILES string of the molecule is Cc1noc(C)c1CNS(=O)(=O)c1cc(Cl)cc(N)c1Br. The molecule has 21 heavy (non-hydrogen) atoms. The lowest BCUT2D eigenvalue weighted by Gasteiger charge is -2.10. The summed E-state index contributed by atoms with van der Waals surface area (Å²) in [6, 6.07) is 2.80. The Morgan fingerprint density at radius 2 is 2.10 bits per heavy atom. The second kappa shape index (κ2) is 5.96. The number of aryl methyl sites for hydroxylation is 2. The quantitative estimate of drug-likeness (QED) is 0.777. The van der Waals surface area contributed by atoms with Gasteiger partial charge in [-0.25, -0.2) is 13.1 Å². The van der Waals surface area contributed by atoms with Crippen molar-refractivity contribution in [2.24, 2.45) is 0 Å². The third-order valence-electron chi connectivity index (χ3n) is 2.94. The minimum Gasteiger partial charge on any atom is -0.398 e. The van der Waals surface area contributed by atoms with E-state index in [0.717, 1.165) is 0 Å². The number of halogens is 2. The molecule has 0 saturated heterocycles. The molecule has 9 heteroatoms. The highest BCUT2D eigenvalue weighted by Gasteiger charge is 2.21. The summed E-state index contributed by atoms with van der Waals surface area (Å²) in [5, 5.41) is 4.02. The smallest absolute Gasteiger partial charge is 0.242 e. The van der Waals surface area contributed by atoms with Crippen LogP contribution in [0.15, 0.2) is 26.0 Å². The number of nitrogen functional groups attached to an aromatic ring is 1. The molecular formula is C12H13BrClN3O3S. The van der Waals surface area contributed by atoms with E-state index in [1.165, 1.54) is 12.1 Å². The standard InChI is InChI=1S/C12H13BrClN3O3S/c1-6-9(7(2)20-17-6)5-16-21(18,19)11-4-8(14)3-10(15)12(11)13/h3-4,16H,5,15H2,1-2H3. The fourth-order valence-electron chi connectivity index (χ4n) is 1.78. The zero-order valence-corrected chi connectivity index (χ0v) is 14.4. The molecule has 1 aromatic heterocycles. The molecule has 2 rings (SSSR count). The van der Waals surface area contributed by atoms with Gasteiger partial charge in [-0.2, -0.15) is 0 Å². The Morgan fingerprint density at radius 1 is 1.43 bits per heavy atom.